The molecule has 0 spiro atoms. The topological polar surface area (TPSA) is 89.6 Å². The first kappa shape index (κ1) is 15.4. The largest absolute Gasteiger partial charge is 0.478 e. The molecule has 0 fully saturated rings. The number of rotatable bonds is 6. The first-order valence-electron chi connectivity index (χ1n) is 5.33. The van der Waals surface area contributed by atoms with Crippen LogP contribution in [0.4, 0.5) is 0 Å². The number of carbonyl (C=O) groups is 2. The van der Waals surface area contributed by atoms with E-state index in [0.29, 0.717) is 5.57 Å². The quantitative estimate of drug-likeness (QED) is 0.539. The number of aliphatic carboxylic acids is 1. The highest BCUT2D eigenvalue weighted by Gasteiger charge is 2.12. The Balaban J connectivity index is 4.69. The van der Waals surface area contributed by atoms with Crippen LogP contribution in [-0.4, -0.2) is 30.2 Å². The number of hydrogen-bond acceptors (Lipinski definition) is 4. The molecule has 5 nitrogen and oxygen atoms in total. The molecule has 17 heavy (non-hydrogen) atoms. The van der Waals surface area contributed by atoms with Gasteiger partial charge >= 0.3 is 11.9 Å². The highest BCUT2D eigenvalue weighted by atomic mass is 16.5. The lowest BCUT2D eigenvalue weighted by Crippen LogP contribution is -2.15. The van der Waals surface area contributed by atoms with Crippen molar-refractivity contribution in [3.8, 4) is 0 Å². The fourth-order valence-corrected chi connectivity index (χ4v) is 1.07. The Bertz CT molecular complexity index is 352. The number of carbonyl (C=O) groups excluding carboxylic acids is 1. The standard InChI is InChI=1S/C12H19NO4/c1-8(2)10(12(16)17-7-6-13)5-4-9(3)11(14)15/h4H,5-7,13H2,1-3H3,(H,14,15). The zero-order chi connectivity index (χ0) is 13.4. The van der Waals surface area contributed by atoms with Gasteiger partial charge in [0.25, 0.3) is 0 Å². The van der Waals surface area contributed by atoms with Crippen LogP contribution in [0.25, 0.3) is 0 Å². The number of allylic oxidation sites excluding steroid dienone is 2. The molecule has 0 aromatic rings. The fourth-order valence-electron chi connectivity index (χ4n) is 1.07. The molecule has 0 aliphatic carbocycles. The summed E-state index contributed by atoms with van der Waals surface area (Å²) < 4.78 is 4.91. The van der Waals surface area contributed by atoms with Crippen molar-refractivity contribution in [2.24, 2.45) is 5.73 Å². The second kappa shape index (κ2) is 7.62. The number of ether oxygens (including phenoxy) is 1. The minimum absolute atomic E-state index is 0.164. The van der Waals surface area contributed by atoms with Crippen molar-refractivity contribution in [2.75, 3.05) is 13.2 Å². The molecule has 0 aliphatic heterocycles. The second-order valence-electron chi connectivity index (χ2n) is 3.80. The number of carboxylic acid groups (broad SMARTS) is 1. The summed E-state index contributed by atoms with van der Waals surface area (Å²) in [4.78, 5) is 22.2. The summed E-state index contributed by atoms with van der Waals surface area (Å²) in [6, 6.07) is 0. The molecule has 0 aromatic heterocycles. The SMILES string of the molecule is CC(=CCC(C(=O)OCCN)=C(C)C)C(=O)O. The molecule has 0 saturated carbocycles. The predicted molar refractivity (Wildman–Crippen MR) is 64.4 cm³/mol. The molecule has 3 N–H and O–H groups in total. The van der Waals surface area contributed by atoms with E-state index >= 15 is 0 Å². The summed E-state index contributed by atoms with van der Waals surface area (Å²) in [6.07, 6.45) is 1.75. The Kier molecular flexibility index (Phi) is 6.89. The number of carboxylic acids is 1. The molecule has 0 aromatic carbocycles. The van der Waals surface area contributed by atoms with Gasteiger partial charge in [0.1, 0.15) is 6.61 Å². The van der Waals surface area contributed by atoms with E-state index in [-0.39, 0.29) is 25.1 Å². The van der Waals surface area contributed by atoms with Crippen LogP contribution in [0, 0.1) is 0 Å². The third-order valence-corrected chi connectivity index (χ3v) is 2.15. The van der Waals surface area contributed by atoms with Crippen LogP contribution >= 0.6 is 0 Å². The van der Waals surface area contributed by atoms with E-state index in [0.717, 1.165) is 5.57 Å². The molecule has 0 amide bonds. The van der Waals surface area contributed by atoms with Gasteiger partial charge in [-0.05, 0) is 27.2 Å². The van der Waals surface area contributed by atoms with Gasteiger partial charge in [-0.2, -0.15) is 0 Å². The minimum Gasteiger partial charge on any atom is -0.478 e. The molecule has 96 valence electrons. The summed E-state index contributed by atoms with van der Waals surface area (Å²) >= 11 is 0. The van der Waals surface area contributed by atoms with Crippen molar-refractivity contribution in [3.63, 3.8) is 0 Å². The third-order valence-electron chi connectivity index (χ3n) is 2.15. The fraction of sp³-hybridized carbons (Fsp3) is 0.500. The van der Waals surface area contributed by atoms with Gasteiger partial charge in [-0.25, -0.2) is 9.59 Å². The summed E-state index contributed by atoms with van der Waals surface area (Å²) in [5.74, 6) is -1.43. The molecule has 0 aliphatic rings. The van der Waals surface area contributed by atoms with E-state index in [1.807, 2.05) is 0 Å². The summed E-state index contributed by atoms with van der Waals surface area (Å²) in [7, 11) is 0. The maximum atomic E-state index is 11.6. The van der Waals surface area contributed by atoms with Crippen LogP contribution in [0.3, 0.4) is 0 Å². The first-order chi connectivity index (χ1) is 7.90. The molecular weight excluding hydrogens is 222 g/mol. The number of hydrogen-bond donors (Lipinski definition) is 2. The summed E-state index contributed by atoms with van der Waals surface area (Å²) in [5, 5.41) is 8.70. The maximum absolute atomic E-state index is 11.6. The highest BCUT2D eigenvalue weighted by molar-refractivity contribution is 5.90. The molecule has 0 saturated heterocycles. The lowest BCUT2D eigenvalue weighted by Gasteiger charge is -2.07. The van der Waals surface area contributed by atoms with Crippen LogP contribution in [0.15, 0.2) is 22.8 Å². The molecule has 0 bridgehead atoms. The average Bonchev–Trinajstić information content (AvgIpc) is 2.25. The molecule has 0 unspecified atom stereocenters. The predicted octanol–water partition coefficient (Wildman–Crippen LogP) is 1.25. The lowest BCUT2D eigenvalue weighted by atomic mass is 10.1. The Morgan fingerprint density at radius 2 is 1.88 bits per heavy atom. The van der Waals surface area contributed by atoms with E-state index in [1.54, 1.807) is 13.8 Å². The number of nitrogens with two attached hydrogens (primary N) is 1. The normalized spacial score (nSPS) is 10.9. The van der Waals surface area contributed by atoms with E-state index in [9.17, 15) is 9.59 Å². The molecule has 0 rings (SSSR count). The summed E-state index contributed by atoms with van der Waals surface area (Å²) in [5.41, 5.74) is 6.71. The Morgan fingerprint density at radius 3 is 2.29 bits per heavy atom. The first-order valence-corrected chi connectivity index (χ1v) is 5.33. The maximum Gasteiger partial charge on any atom is 0.334 e. The average molecular weight is 241 g/mol. The van der Waals surface area contributed by atoms with Crippen molar-refractivity contribution < 1.29 is 19.4 Å². The molecule has 5 heteroatoms. The zero-order valence-corrected chi connectivity index (χ0v) is 10.4. The van der Waals surface area contributed by atoms with E-state index in [4.69, 9.17) is 15.6 Å². The van der Waals surface area contributed by atoms with Gasteiger partial charge < -0.3 is 15.6 Å². The minimum atomic E-state index is -0.992. The van der Waals surface area contributed by atoms with Gasteiger partial charge in [0, 0.05) is 17.7 Å². The highest BCUT2D eigenvalue weighted by Crippen LogP contribution is 2.13. The molecular formula is C12H19NO4. The van der Waals surface area contributed by atoms with Gasteiger partial charge in [-0.1, -0.05) is 11.6 Å². The van der Waals surface area contributed by atoms with Crippen LogP contribution in [0.1, 0.15) is 27.2 Å². The molecule has 0 atom stereocenters. The summed E-state index contributed by atoms with van der Waals surface area (Å²) in [6.45, 7) is 5.48. The van der Waals surface area contributed by atoms with Crippen molar-refractivity contribution in [1.29, 1.82) is 0 Å². The van der Waals surface area contributed by atoms with Gasteiger partial charge in [0.2, 0.25) is 0 Å². The van der Waals surface area contributed by atoms with Crippen molar-refractivity contribution >= 4 is 11.9 Å². The smallest absolute Gasteiger partial charge is 0.334 e. The van der Waals surface area contributed by atoms with E-state index < -0.39 is 11.9 Å². The third kappa shape index (κ3) is 5.87. The van der Waals surface area contributed by atoms with Crippen molar-refractivity contribution in [3.05, 3.63) is 22.8 Å². The Hall–Kier alpha value is -1.62. The van der Waals surface area contributed by atoms with Gasteiger partial charge in [0.05, 0.1) is 0 Å². The van der Waals surface area contributed by atoms with E-state index in [1.165, 1.54) is 13.0 Å². The van der Waals surface area contributed by atoms with Gasteiger partial charge in [-0.3, -0.25) is 0 Å². The van der Waals surface area contributed by atoms with Crippen LogP contribution in [0.5, 0.6) is 0 Å². The lowest BCUT2D eigenvalue weighted by molar-refractivity contribution is -0.139. The Labute approximate surface area is 101 Å². The van der Waals surface area contributed by atoms with Crippen molar-refractivity contribution in [2.45, 2.75) is 27.2 Å². The van der Waals surface area contributed by atoms with Crippen molar-refractivity contribution in [1.82, 2.24) is 0 Å². The van der Waals surface area contributed by atoms with Crippen LogP contribution < -0.4 is 5.73 Å². The molecule has 0 radical (unpaired) electrons. The van der Waals surface area contributed by atoms with Crippen LogP contribution in [-0.2, 0) is 14.3 Å². The second-order valence-corrected chi connectivity index (χ2v) is 3.80. The number of esters is 1. The molecule has 0 heterocycles. The van der Waals surface area contributed by atoms with Crippen LogP contribution in [0.2, 0.25) is 0 Å². The Morgan fingerprint density at radius 1 is 1.29 bits per heavy atom. The van der Waals surface area contributed by atoms with Gasteiger partial charge in [-0.15, -0.1) is 0 Å². The van der Waals surface area contributed by atoms with Gasteiger partial charge in [0.15, 0.2) is 0 Å². The monoisotopic (exact) mass is 241 g/mol. The van der Waals surface area contributed by atoms with E-state index in [2.05, 4.69) is 0 Å². The zero-order valence-electron chi connectivity index (χ0n) is 10.4.